The summed E-state index contributed by atoms with van der Waals surface area (Å²) in [7, 11) is 3.16. The fourth-order valence-corrected chi connectivity index (χ4v) is 3.26. The predicted octanol–water partition coefficient (Wildman–Crippen LogP) is 2.12. The molecule has 0 bridgehead atoms. The van der Waals surface area contributed by atoms with Crippen LogP contribution in [0.2, 0.25) is 0 Å². The number of nitrogens with one attached hydrogen (secondary N) is 2. The molecule has 4 rings (SSSR count). The molecule has 2 unspecified atom stereocenters. The highest BCUT2D eigenvalue weighted by atomic mass is 16.5. The molecule has 2 aromatic rings. The van der Waals surface area contributed by atoms with E-state index < -0.39 is 12.3 Å². The largest absolute Gasteiger partial charge is 0.497 e. The van der Waals surface area contributed by atoms with Crippen molar-refractivity contribution in [1.29, 1.82) is 0 Å². The second-order valence-corrected chi connectivity index (χ2v) is 5.93. The standard InChI is InChI=1S/C18H18N4O4/c1-25-13-7-3-11(4-8-13)21-15-16(20-17(23)19-15)22(18(21)24)12-5-9-14(26-2)10-6-12/h3-10,15-16H,1-2H3,(H2,19,20,23). The normalized spacial score (nSPS) is 21.3. The van der Waals surface area contributed by atoms with Gasteiger partial charge in [0.05, 0.1) is 14.2 Å². The summed E-state index contributed by atoms with van der Waals surface area (Å²) in [4.78, 5) is 28.1. The van der Waals surface area contributed by atoms with Crippen LogP contribution in [-0.4, -0.2) is 38.6 Å². The third-order valence-corrected chi connectivity index (χ3v) is 4.53. The van der Waals surface area contributed by atoms with Crippen molar-refractivity contribution in [3.05, 3.63) is 48.5 Å². The molecule has 2 fully saturated rings. The number of carbonyl (C=O) groups excluding carboxylic acids is 2. The van der Waals surface area contributed by atoms with E-state index in [9.17, 15) is 9.59 Å². The van der Waals surface area contributed by atoms with Crippen LogP contribution in [0.15, 0.2) is 48.5 Å². The monoisotopic (exact) mass is 354 g/mol. The first-order chi connectivity index (χ1) is 12.6. The molecule has 2 aliphatic rings. The Kier molecular flexibility index (Phi) is 3.80. The zero-order chi connectivity index (χ0) is 18.3. The molecular formula is C18H18N4O4. The van der Waals surface area contributed by atoms with E-state index in [1.165, 1.54) is 0 Å². The van der Waals surface area contributed by atoms with Gasteiger partial charge in [0.2, 0.25) is 0 Å². The summed E-state index contributed by atoms with van der Waals surface area (Å²) in [6.45, 7) is 0. The maximum absolute atomic E-state index is 13.1. The molecular weight excluding hydrogens is 336 g/mol. The zero-order valence-corrected chi connectivity index (χ0v) is 14.3. The summed E-state index contributed by atoms with van der Waals surface area (Å²) in [5.74, 6) is 1.38. The van der Waals surface area contributed by atoms with Gasteiger partial charge in [0.15, 0.2) is 12.3 Å². The number of carbonyl (C=O) groups is 2. The summed E-state index contributed by atoms with van der Waals surface area (Å²) >= 11 is 0. The highest BCUT2D eigenvalue weighted by Gasteiger charge is 2.52. The molecule has 2 N–H and O–H groups in total. The molecule has 2 aliphatic heterocycles. The van der Waals surface area contributed by atoms with Gasteiger partial charge in [-0.1, -0.05) is 0 Å². The fraction of sp³-hybridized carbons (Fsp3) is 0.222. The molecule has 8 nitrogen and oxygen atoms in total. The number of benzene rings is 2. The van der Waals surface area contributed by atoms with Crippen molar-refractivity contribution < 1.29 is 19.1 Å². The van der Waals surface area contributed by atoms with Crippen molar-refractivity contribution >= 4 is 23.4 Å². The van der Waals surface area contributed by atoms with Crippen LogP contribution in [0.5, 0.6) is 11.5 Å². The number of nitrogens with zero attached hydrogens (tertiary/aromatic N) is 2. The van der Waals surface area contributed by atoms with Crippen molar-refractivity contribution in [2.75, 3.05) is 24.0 Å². The lowest BCUT2D eigenvalue weighted by atomic mass is 10.2. The summed E-state index contributed by atoms with van der Waals surface area (Å²) in [5, 5.41) is 5.61. The highest BCUT2D eigenvalue weighted by Crippen LogP contribution is 2.34. The van der Waals surface area contributed by atoms with E-state index >= 15 is 0 Å². The first-order valence-corrected chi connectivity index (χ1v) is 8.10. The van der Waals surface area contributed by atoms with Gasteiger partial charge in [-0.25, -0.2) is 9.59 Å². The lowest BCUT2D eigenvalue weighted by molar-refractivity contribution is 0.244. The van der Waals surface area contributed by atoms with Crippen LogP contribution in [0.3, 0.4) is 0 Å². The van der Waals surface area contributed by atoms with E-state index in [0.29, 0.717) is 22.9 Å². The summed E-state index contributed by atoms with van der Waals surface area (Å²) < 4.78 is 10.3. The van der Waals surface area contributed by atoms with Gasteiger partial charge in [0.1, 0.15) is 11.5 Å². The quantitative estimate of drug-likeness (QED) is 0.881. The van der Waals surface area contributed by atoms with E-state index in [1.54, 1.807) is 72.6 Å². The number of rotatable bonds is 4. The molecule has 0 radical (unpaired) electrons. The minimum absolute atomic E-state index is 0.233. The van der Waals surface area contributed by atoms with Crippen LogP contribution in [0.1, 0.15) is 0 Å². The molecule has 4 amide bonds. The SMILES string of the molecule is COc1ccc(N2C(=O)N(c3ccc(OC)cc3)C3NC(=O)NC32)cc1. The second-order valence-electron chi connectivity index (χ2n) is 5.93. The Morgan fingerprint density at radius 2 is 1.12 bits per heavy atom. The van der Waals surface area contributed by atoms with Gasteiger partial charge in [-0.3, -0.25) is 9.80 Å². The van der Waals surface area contributed by atoms with Gasteiger partial charge in [0, 0.05) is 11.4 Å². The van der Waals surface area contributed by atoms with E-state index in [2.05, 4.69) is 10.6 Å². The maximum Gasteiger partial charge on any atom is 0.332 e. The third kappa shape index (κ3) is 2.46. The van der Waals surface area contributed by atoms with Crippen LogP contribution < -0.4 is 29.9 Å². The predicted molar refractivity (Wildman–Crippen MR) is 95.6 cm³/mol. The van der Waals surface area contributed by atoms with Crippen LogP contribution in [0.4, 0.5) is 21.0 Å². The molecule has 26 heavy (non-hydrogen) atoms. The van der Waals surface area contributed by atoms with Gasteiger partial charge < -0.3 is 20.1 Å². The molecule has 8 heteroatoms. The van der Waals surface area contributed by atoms with Crippen LogP contribution in [0.25, 0.3) is 0 Å². The van der Waals surface area contributed by atoms with Crippen molar-refractivity contribution in [2.24, 2.45) is 0 Å². The van der Waals surface area contributed by atoms with Gasteiger partial charge in [-0.15, -0.1) is 0 Å². The smallest absolute Gasteiger partial charge is 0.332 e. The van der Waals surface area contributed by atoms with Crippen molar-refractivity contribution in [3.8, 4) is 11.5 Å². The molecule has 0 aromatic heterocycles. The average molecular weight is 354 g/mol. The first-order valence-electron chi connectivity index (χ1n) is 8.10. The van der Waals surface area contributed by atoms with Crippen molar-refractivity contribution in [3.63, 3.8) is 0 Å². The number of fused-ring (bicyclic) bond motifs is 1. The van der Waals surface area contributed by atoms with Gasteiger partial charge >= 0.3 is 12.1 Å². The van der Waals surface area contributed by atoms with Crippen molar-refractivity contribution in [2.45, 2.75) is 12.3 Å². The minimum Gasteiger partial charge on any atom is -0.497 e. The third-order valence-electron chi connectivity index (χ3n) is 4.53. The van der Waals surface area contributed by atoms with Crippen LogP contribution in [0, 0.1) is 0 Å². The number of amides is 4. The Morgan fingerprint density at radius 3 is 1.46 bits per heavy atom. The molecule has 0 spiro atoms. The lowest BCUT2D eigenvalue weighted by Crippen LogP contribution is -2.43. The average Bonchev–Trinajstić information content (AvgIpc) is 3.15. The lowest BCUT2D eigenvalue weighted by Gasteiger charge is -2.22. The molecule has 2 atom stereocenters. The van der Waals surface area contributed by atoms with E-state index in [0.717, 1.165) is 0 Å². The Balaban J connectivity index is 1.71. The van der Waals surface area contributed by atoms with E-state index in [-0.39, 0.29) is 12.1 Å². The second kappa shape index (κ2) is 6.14. The van der Waals surface area contributed by atoms with Gasteiger partial charge in [0.25, 0.3) is 0 Å². The molecule has 0 saturated carbocycles. The molecule has 2 aromatic carbocycles. The Labute approximate surface area is 150 Å². The highest BCUT2D eigenvalue weighted by molar-refractivity contribution is 6.09. The van der Waals surface area contributed by atoms with Gasteiger partial charge in [-0.05, 0) is 48.5 Å². The zero-order valence-electron chi connectivity index (χ0n) is 14.3. The Bertz CT molecular complexity index is 770. The molecule has 2 saturated heterocycles. The summed E-state index contributed by atoms with van der Waals surface area (Å²) in [5.41, 5.74) is 1.34. The maximum atomic E-state index is 13.1. The number of anilines is 2. The molecule has 0 aliphatic carbocycles. The van der Waals surface area contributed by atoms with Crippen molar-refractivity contribution in [1.82, 2.24) is 10.6 Å². The van der Waals surface area contributed by atoms with E-state index in [4.69, 9.17) is 9.47 Å². The number of ether oxygens (including phenoxy) is 2. The first kappa shape index (κ1) is 16.1. The molecule has 134 valence electrons. The number of hydrogen-bond acceptors (Lipinski definition) is 4. The summed E-state index contributed by atoms with van der Waals surface area (Å²) in [6.07, 6.45) is -1.02. The topological polar surface area (TPSA) is 83.1 Å². The number of hydrogen-bond donors (Lipinski definition) is 2. The Morgan fingerprint density at radius 1 is 0.731 bits per heavy atom. The number of methoxy groups -OCH3 is 2. The van der Waals surface area contributed by atoms with Crippen LogP contribution in [-0.2, 0) is 0 Å². The summed E-state index contributed by atoms with van der Waals surface area (Å²) in [6, 6.07) is 13.7. The number of urea groups is 2. The minimum atomic E-state index is -0.509. The Hall–Kier alpha value is -3.42. The fourth-order valence-electron chi connectivity index (χ4n) is 3.26. The van der Waals surface area contributed by atoms with E-state index in [1.807, 2.05) is 0 Å². The molecule has 2 heterocycles. The van der Waals surface area contributed by atoms with Gasteiger partial charge in [-0.2, -0.15) is 0 Å². The van der Waals surface area contributed by atoms with Crippen LogP contribution >= 0.6 is 0 Å².